The zero-order chi connectivity index (χ0) is 14.2. The Kier molecular flexibility index (Phi) is 3.20. The third-order valence-corrected chi connectivity index (χ3v) is 3.18. The van der Waals surface area contributed by atoms with Crippen LogP contribution in [0.1, 0.15) is 19.4 Å². The quantitative estimate of drug-likeness (QED) is 0.839. The Bertz CT molecular complexity index is 539. The predicted molar refractivity (Wildman–Crippen MR) is 69.0 cm³/mol. The van der Waals surface area contributed by atoms with Crippen molar-refractivity contribution in [2.75, 3.05) is 11.5 Å². The number of nitrogens with zero attached hydrogens (tertiary/aromatic N) is 1. The Balaban J connectivity index is 2.57. The van der Waals surface area contributed by atoms with Crippen molar-refractivity contribution in [1.29, 1.82) is 0 Å². The van der Waals surface area contributed by atoms with Crippen molar-refractivity contribution >= 4 is 17.6 Å². The Morgan fingerprint density at radius 2 is 2.21 bits per heavy atom. The molecule has 1 aromatic carbocycles. The topological polar surface area (TPSA) is 92.9 Å². The number of nitrogens with two attached hydrogens (primary N) is 1. The van der Waals surface area contributed by atoms with Crippen LogP contribution in [0.4, 0.5) is 5.69 Å². The fourth-order valence-electron chi connectivity index (χ4n) is 2.03. The summed E-state index contributed by atoms with van der Waals surface area (Å²) in [4.78, 5) is 24.6. The van der Waals surface area contributed by atoms with Crippen LogP contribution in [0.15, 0.2) is 18.2 Å². The number of hydrogen-bond donors (Lipinski definition) is 2. The molecule has 0 aliphatic carbocycles. The van der Waals surface area contributed by atoms with Crippen molar-refractivity contribution in [3.05, 3.63) is 23.8 Å². The number of rotatable bonds is 3. The molecule has 1 amide bonds. The second-order valence-electron chi connectivity index (χ2n) is 4.89. The van der Waals surface area contributed by atoms with Gasteiger partial charge >= 0.3 is 5.97 Å². The lowest BCUT2D eigenvalue weighted by molar-refractivity contribution is -0.144. The van der Waals surface area contributed by atoms with Crippen LogP contribution in [0.5, 0.6) is 5.75 Å². The maximum atomic E-state index is 12.0. The summed E-state index contributed by atoms with van der Waals surface area (Å²) in [7, 11) is 0. The molecule has 0 aromatic heterocycles. The van der Waals surface area contributed by atoms with E-state index in [0.717, 1.165) is 5.56 Å². The van der Waals surface area contributed by atoms with Gasteiger partial charge in [-0.3, -0.25) is 9.69 Å². The number of carbonyl (C=O) groups excluding carboxylic acids is 1. The van der Waals surface area contributed by atoms with E-state index in [9.17, 15) is 14.7 Å². The third kappa shape index (κ3) is 2.15. The second kappa shape index (κ2) is 4.55. The van der Waals surface area contributed by atoms with Crippen LogP contribution in [-0.4, -0.2) is 29.1 Å². The van der Waals surface area contributed by atoms with Crippen LogP contribution in [0.25, 0.3) is 0 Å². The van der Waals surface area contributed by atoms with E-state index in [0.29, 0.717) is 18.0 Å². The molecule has 102 valence electrons. The molecule has 0 atom stereocenters. The van der Waals surface area contributed by atoms with E-state index < -0.39 is 11.5 Å². The van der Waals surface area contributed by atoms with Crippen molar-refractivity contribution in [1.82, 2.24) is 0 Å². The lowest BCUT2D eigenvalue weighted by Crippen LogP contribution is -2.56. The van der Waals surface area contributed by atoms with Gasteiger partial charge in [-0.15, -0.1) is 0 Å². The van der Waals surface area contributed by atoms with E-state index in [2.05, 4.69) is 0 Å². The molecule has 1 aliphatic heterocycles. The molecule has 3 N–H and O–H groups in total. The van der Waals surface area contributed by atoms with E-state index in [4.69, 9.17) is 10.5 Å². The number of amides is 1. The van der Waals surface area contributed by atoms with Crippen molar-refractivity contribution in [2.45, 2.75) is 25.9 Å². The van der Waals surface area contributed by atoms with Crippen molar-refractivity contribution in [3.8, 4) is 5.75 Å². The van der Waals surface area contributed by atoms with E-state index in [1.54, 1.807) is 18.2 Å². The van der Waals surface area contributed by atoms with Crippen molar-refractivity contribution < 1.29 is 19.4 Å². The van der Waals surface area contributed by atoms with Crippen LogP contribution in [0, 0.1) is 0 Å². The van der Waals surface area contributed by atoms with E-state index >= 15 is 0 Å². The largest absolute Gasteiger partial charge is 0.482 e. The molecule has 0 saturated heterocycles. The Morgan fingerprint density at radius 1 is 1.53 bits per heavy atom. The maximum absolute atomic E-state index is 12.0. The minimum atomic E-state index is -1.34. The number of hydrogen-bond acceptors (Lipinski definition) is 4. The average molecular weight is 264 g/mol. The molecule has 6 heteroatoms. The molecular formula is C13H16N2O4. The minimum Gasteiger partial charge on any atom is -0.482 e. The van der Waals surface area contributed by atoms with Gasteiger partial charge in [0.25, 0.3) is 5.91 Å². The molecule has 1 aliphatic rings. The summed E-state index contributed by atoms with van der Waals surface area (Å²) in [5, 5.41) is 9.30. The van der Waals surface area contributed by atoms with Gasteiger partial charge in [0.2, 0.25) is 0 Å². The number of ether oxygens (including phenoxy) is 1. The fourth-order valence-corrected chi connectivity index (χ4v) is 2.03. The molecule has 0 fully saturated rings. The first kappa shape index (κ1) is 13.4. The number of aliphatic carboxylic acids is 1. The van der Waals surface area contributed by atoms with E-state index in [-0.39, 0.29) is 12.5 Å². The highest BCUT2D eigenvalue weighted by atomic mass is 16.5. The predicted octanol–water partition coefficient (Wildman–Crippen LogP) is 0.734. The smallest absolute Gasteiger partial charge is 0.329 e. The molecule has 2 rings (SSSR count). The molecular weight excluding hydrogens is 248 g/mol. The highest BCUT2D eigenvalue weighted by molar-refractivity contribution is 6.04. The van der Waals surface area contributed by atoms with Gasteiger partial charge < -0.3 is 15.6 Å². The summed E-state index contributed by atoms with van der Waals surface area (Å²) in [6.07, 6.45) is 0. The molecule has 19 heavy (non-hydrogen) atoms. The van der Waals surface area contributed by atoms with E-state index in [1.807, 2.05) is 0 Å². The van der Waals surface area contributed by atoms with Crippen LogP contribution < -0.4 is 15.4 Å². The highest BCUT2D eigenvalue weighted by Crippen LogP contribution is 2.37. The first-order chi connectivity index (χ1) is 8.87. The molecule has 1 aromatic rings. The zero-order valence-electron chi connectivity index (χ0n) is 10.8. The standard InChI is InChI=1S/C13H16N2O4/c1-13(2,12(17)18)15-9-5-8(6-14)3-4-10(9)19-7-11(15)16/h3-5H,6-7,14H2,1-2H3,(H,17,18). The third-order valence-electron chi connectivity index (χ3n) is 3.18. The summed E-state index contributed by atoms with van der Waals surface area (Å²) in [6, 6.07) is 5.19. The first-order valence-corrected chi connectivity index (χ1v) is 5.90. The lowest BCUT2D eigenvalue weighted by Gasteiger charge is -2.38. The number of benzene rings is 1. The van der Waals surface area contributed by atoms with Gasteiger partial charge in [-0.25, -0.2) is 4.79 Å². The van der Waals surface area contributed by atoms with Crippen LogP contribution >= 0.6 is 0 Å². The average Bonchev–Trinajstić information content (AvgIpc) is 2.37. The van der Waals surface area contributed by atoms with Gasteiger partial charge in [0, 0.05) is 6.54 Å². The number of carbonyl (C=O) groups is 2. The van der Waals surface area contributed by atoms with Gasteiger partial charge in [-0.05, 0) is 31.5 Å². The fraction of sp³-hybridized carbons (Fsp3) is 0.385. The Labute approximate surface area is 110 Å². The van der Waals surface area contributed by atoms with Crippen LogP contribution in [0.3, 0.4) is 0 Å². The molecule has 6 nitrogen and oxygen atoms in total. The maximum Gasteiger partial charge on any atom is 0.329 e. The summed E-state index contributed by atoms with van der Waals surface area (Å²) in [6.45, 7) is 3.11. The van der Waals surface area contributed by atoms with Crippen molar-refractivity contribution in [3.63, 3.8) is 0 Å². The number of carboxylic acids is 1. The van der Waals surface area contributed by atoms with Crippen LogP contribution in [0.2, 0.25) is 0 Å². The number of anilines is 1. The summed E-state index contributed by atoms with van der Waals surface area (Å²) in [5.74, 6) is -0.966. The van der Waals surface area contributed by atoms with Gasteiger partial charge in [0.1, 0.15) is 11.3 Å². The zero-order valence-corrected chi connectivity index (χ0v) is 10.8. The molecule has 1 heterocycles. The van der Waals surface area contributed by atoms with Gasteiger partial charge in [0.15, 0.2) is 6.61 Å². The summed E-state index contributed by atoms with van der Waals surface area (Å²) < 4.78 is 5.32. The second-order valence-corrected chi connectivity index (χ2v) is 4.89. The van der Waals surface area contributed by atoms with E-state index in [1.165, 1.54) is 18.7 Å². The molecule has 0 spiro atoms. The molecule has 0 bridgehead atoms. The SMILES string of the molecule is CC(C)(C(=O)O)N1C(=O)COc2ccc(CN)cc21. The van der Waals surface area contributed by atoms with Crippen LogP contribution in [-0.2, 0) is 16.1 Å². The lowest BCUT2D eigenvalue weighted by atomic mass is 10.00. The number of carboxylic acid groups (broad SMARTS) is 1. The monoisotopic (exact) mass is 264 g/mol. The normalized spacial score (nSPS) is 14.9. The molecule has 0 radical (unpaired) electrons. The Morgan fingerprint density at radius 3 is 2.79 bits per heavy atom. The summed E-state index contributed by atoms with van der Waals surface area (Å²) in [5.41, 5.74) is 5.49. The Hall–Kier alpha value is -2.08. The van der Waals surface area contributed by atoms with Gasteiger partial charge in [0.05, 0.1) is 5.69 Å². The molecule has 0 unspecified atom stereocenters. The summed E-state index contributed by atoms with van der Waals surface area (Å²) >= 11 is 0. The van der Waals surface area contributed by atoms with Gasteiger partial charge in [-0.2, -0.15) is 0 Å². The number of fused-ring (bicyclic) bond motifs is 1. The first-order valence-electron chi connectivity index (χ1n) is 5.90. The van der Waals surface area contributed by atoms with Crippen molar-refractivity contribution in [2.24, 2.45) is 5.73 Å². The van der Waals surface area contributed by atoms with Gasteiger partial charge in [-0.1, -0.05) is 6.07 Å². The minimum absolute atomic E-state index is 0.161. The highest BCUT2D eigenvalue weighted by Gasteiger charge is 2.42. The molecule has 0 saturated carbocycles.